The minimum Gasteiger partial charge on any atom is -0.454 e. The molecule has 2 N–H and O–H groups in total. The van der Waals surface area contributed by atoms with Gasteiger partial charge in [0.1, 0.15) is 11.5 Å². The second kappa shape index (κ2) is 7.99. The molecular formula is C24H16FN3O4. The van der Waals surface area contributed by atoms with Gasteiger partial charge in [0.05, 0.1) is 11.2 Å². The summed E-state index contributed by atoms with van der Waals surface area (Å²) in [5.74, 6) is -0.569. The normalized spacial score (nSPS) is 11.9. The van der Waals surface area contributed by atoms with Crippen LogP contribution in [-0.2, 0) is 0 Å². The molecule has 0 spiro atoms. The van der Waals surface area contributed by atoms with Crippen LogP contribution in [0.15, 0.2) is 72.8 Å². The molecule has 0 bridgehead atoms. The van der Waals surface area contributed by atoms with Gasteiger partial charge in [0.25, 0.3) is 11.8 Å². The van der Waals surface area contributed by atoms with E-state index in [9.17, 15) is 14.0 Å². The first kappa shape index (κ1) is 19.5. The molecular weight excluding hydrogens is 413 g/mol. The highest BCUT2D eigenvalue weighted by molar-refractivity contribution is 6.06. The number of anilines is 2. The van der Waals surface area contributed by atoms with Crippen LogP contribution in [0.25, 0.3) is 10.9 Å². The third kappa shape index (κ3) is 3.81. The number of pyridine rings is 1. The fraction of sp³-hybridized carbons (Fsp3) is 0.0417. The van der Waals surface area contributed by atoms with E-state index in [-0.39, 0.29) is 18.2 Å². The molecule has 0 saturated carbocycles. The van der Waals surface area contributed by atoms with Gasteiger partial charge >= 0.3 is 0 Å². The van der Waals surface area contributed by atoms with Crippen LogP contribution in [-0.4, -0.2) is 23.6 Å². The molecule has 0 aliphatic carbocycles. The first-order valence-electron chi connectivity index (χ1n) is 9.74. The number of halogens is 1. The summed E-state index contributed by atoms with van der Waals surface area (Å²) in [6.07, 6.45) is 0. The SMILES string of the molecule is O=C(Nc1ccc(F)c(NC(=O)c2ccc3ccccc3n2)c1)c1ccc2c(c1)OCO2. The van der Waals surface area contributed by atoms with Gasteiger partial charge < -0.3 is 20.1 Å². The van der Waals surface area contributed by atoms with Crippen LogP contribution < -0.4 is 20.1 Å². The zero-order valence-electron chi connectivity index (χ0n) is 16.6. The van der Waals surface area contributed by atoms with Crippen LogP contribution in [0.5, 0.6) is 11.5 Å². The topological polar surface area (TPSA) is 89.6 Å². The summed E-state index contributed by atoms with van der Waals surface area (Å²) in [6, 6.07) is 19.4. The van der Waals surface area contributed by atoms with E-state index in [4.69, 9.17) is 9.47 Å². The van der Waals surface area contributed by atoms with E-state index in [1.165, 1.54) is 18.2 Å². The van der Waals surface area contributed by atoms with Crippen molar-refractivity contribution in [2.45, 2.75) is 0 Å². The highest BCUT2D eigenvalue weighted by Crippen LogP contribution is 2.32. The van der Waals surface area contributed by atoms with Gasteiger partial charge in [0.2, 0.25) is 6.79 Å². The van der Waals surface area contributed by atoms with Crippen LogP contribution in [0.3, 0.4) is 0 Å². The Hall–Kier alpha value is -4.46. The molecule has 1 aliphatic rings. The summed E-state index contributed by atoms with van der Waals surface area (Å²) >= 11 is 0. The van der Waals surface area contributed by atoms with Crippen molar-refractivity contribution in [3.63, 3.8) is 0 Å². The Balaban J connectivity index is 1.34. The molecule has 0 radical (unpaired) electrons. The second-order valence-corrected chi connectivity index (χ2v) is 7.06. The first-order valence-corrected chi connectivity index (χ1v) is 9.74. The lowest BCUT2D eigenvalue weighted by molar-refractivity contribution is 0.101. The zero-order valence-corrected chi connectivity index (χ0v) is 16.6. The predicted molar refractivity (Wildman–Crippen MR) is 117 cm³/mol. The fourth-order valence-corrected chi connectivity index (χ4v) is 3.32. The van der Waals surface area contributed by atoms with Gasteiger partial charge in [-0.15, -0.1) is 0 Å². The van der Waals surface area contributed by atoms with Crippen molar-refractivity contribution >= 4 is 34.1 Å². The van der Waals surface area contributed by atoms with E-state index >= 15 is 0 Å². The number of fused-ring (bicyclic) bond motifs is 2. The van der Waals surface area contributed by atoms with Crippen LogP contribution >= 0.6 is 0 Å². The molecule has 8 heteroatoms. The van der Waals surface area contributed by atoms with Gasteiger partial charge in [-0.1, -0.05) is 24.3 Å². The summed E-state index contributed by atoms with van der Waals surface area (Å²) < 4.78 is 24.8. The number of nitrogens with zero attached hydrogens (tertiary/aromatic N) is 1. The van der Waals surface area contributed by atoms with E-state index in [1.807, 2.05) is 18.2 Å². The Labute approximate surface area is 181 Å². The van der Waals surface area contributed by atoms with Crippen molar-refractivity contribution in [2.75, 3.05) is 17.4 Å². The Morgan fingerprint density at radius 1 is 0.844 bits per heavy atom. The van der Waals surface area contributed by atoms with Gasteiger partial charge in [-0.05, 0) is 48.5 Å². The van der Waals surface area contributed by atoms with Gasteiger partial charge in [-0.2, -0.15) is 0 Å². The molecule has 2 heterocycles. The third-order valence-corrected chi connectivity index (χ3v) is 4.94. The van der Waals surface area contributed by atoms with E-state index in [0.717, 1.165) is 5.39 Å². The van der Waals surface area contributed by atoms with Crippen LogP contribution in [0.2, 0.25) is 0 Å². The molecule has 1 aromatic heterocycles. The van der Waals surface area contributed by atoms with E-state index in [1.54, 1.807) is 36.4 Å². The molecule has 2 amide bonds. The van der Waals surface area contributed by atoms with Crippen molar-refractivity contribution in [3.8, 4) is 11.5 Å². The van der Waals surface area contributed by atoms with Crippen molar-refractivity contribution < 1.29 is 23.5 Å². The Kier molecular flexibility index (Phi) is 4.87. The minimum absolute atomic E-state index is 0.0755. The number of hydrogen-bond donors (Lipinski definition) is 2. The molecule has 0 unspecified atom stereocenters. The molecule has 7 nitrogen and oxygen atoms in total. The van der Waals surface area contributed by atoms with Crippen molar-refractivity contribution in [3.05, 3.63) is 89.9 Å². The van der Waals surface area contributed by atoms with Gasteiger partial charge in [0.15, 0.2) is 11.5 Å². The minimum atomic E-state index is -0.639. The smallest absolute Gasteiger partial charge is 0.274 e. The predicted octanol–water partition coefficient (Wildman–Crippen LogP) is 4.61. The standard InChI is InChI=1S/C24H16FN3O4/c25-17-8-7-16(26-23(29)15-6-10-21-22(11-15)32-13-31-21)12-20(17)28-24(30)19-9-5-14-3-1-2-4-18(14)27-19/h1-12H,13H2,(H,26,29)(H,28,30). The first-order chi connectivity index (χ1) is 15.6. The average Bonchev–Trinajstić information content (AvgIpc) is 3.29. The molecule has 0 fully saturated rings. The largest absolute Gasteiger partial charge is 0.454 e. The molecule has 0 atom stereocenters. The molecule has 32 heavy (non-hydrogen) atoms. The molecule has 1 aliphatic heterocycles. The van der Waals surface area contributed by atoms with Crippen molar-refractivity contribution in [2.24, 2.45) is 0 Å². The average molecular weight is 429 g/mol. The summed E-state index contributed by atoms with van der Waals surface area (Å²) in [4.78, 5) is 29.5. The number of ether oxygens (including phenoxy) is 2. The molecule has 5 rings (SSSR count). The van der Waals surface area contributed by atoms with Crippen LogP contribution in [0, 0.1) is 5.82 Å². The lowest BCUT2D eigenvalue weighted by Crippen LogP contribution is -2.16. The van der Waals surface area contributed by atoms with Gasteiger partial charge in [0, 0.05) is 16.6 Å². The summed E-state index contributed by atoms with van der Waals surface area (Å²) in [5.41, 5.74) is 1.40. The number of aromatic nitrogens is 1. The fourth-order valence-electron chi connectivity index (χ4n) is 3.32. The number of para-hydroxylation sites is 1. The monoisotopic (exact) mass is 429 g/mol. The zero-order chi connectivity index (χ0) is 22.1. The summed E-state index contributed by atoms with van der Waals surface area (Å²) in [6.45, 7) is 0.105. The van der Waals surface area contributed by atoms with Crippen molar-refractivity contribution in [1.82, 2.24) is 4.98 Å². The molecule has 4 aromatic rings. The molecule has 3 aromatic carbocycles. The Morgan fingerprint density at radius 2 is 1.69 bits per heavy atom. The maximum atomic E-state index is 14.3. The Bertz CT molecular complexity index is 1370. The highest BCUT2D eigenvalue weighted by Gasteiger charge is 2.17. The number of carbonyl (C=O) groups is 2. The number of amides is 2. The maximum absolute atomic E-state index is 14.3. The second-order valence-electron chi connectivity index (χ2n) is 7.06. The summed E-state index contributed by atoms with van der Waals surface area (Å²) in [5, 5.41) is 6.09. The lowest BCUT2D eigenvalue weighted by atomic mass is 10.1. The number of rotatable bonds is 4. The van der Waals surface area contributed by atoms with E-state index in [2.05, 4.69) is 15.6 Å². The Morgan fingerprint density at radius 3 is 2.59 bits per heavy atom. The number of nitrogens with one attached hydrogen (secondary N) is 2. The van der Waals surface area contributed by atoms with E-state index < -0.39 is 17.6 Å². The number of carbonyl (C=O) groups excluding carboxylic acids is 2. The van der Waals surface area contributed by atoms with Gasteiger partial charge in [-0.25, -0.2) is 9.37 Å². The number of benzene rings is 3. The van der Waals surface area contributed by atoms with E-state index in [0.29, 0.717) is 28.3 Å². The third-order valence-electron chi connectivity index (χ3n) is 4.94. The van der Waals surface area contributed by atoms with Crippen LogP contribution in [0.4, 0.5) is 15.8 Å². The molecule has 0 saturated heterocycles. The summed E-state index contributed by atoms with van der Waals surface area (Å²) in [7, 11) is 0. The van der Waals surface area contributed by atoms with Crippen molar-refractivity contribution in [1.29, 1.82) is 0 Å². The number of hydrogen-bond acceptors (Lipinski definition) is 5. The lowest BCUT2D eigenvalue weighted by Gasteiger charge is -2.10. The van der Waals surface area contributed by atoms with Gasteiger partial charge in [-0.3, -0.25) is 9.59 Å². The molecule has 158 valence electrons. The van der Waals surface area contributed by atoms with Crippen LogP contribution in [0.1, 0.15) is 20.8 Å². The maximum Gasteiger partial charge on any atom is 0.274 e. The quantitative estimate of drug-likeness (QED) is 0.495. The highest BCUT2D eigenvalue weighted by atomic mass is 19.1.